The minimum Gasteiger partial charge on any atom is -0.0709 e. The van der Waals surface area contributed by atoms with Gasteiger partial charge in [0.1, 0.15) is 0 Å². The summed E-state index contributed by atoms with van der Waals surface area (Å²) in [5.74, 6) is 0. The van der Waals surface area contributed by atoms with Crippen molar-refractivity contribution in [1.82, 2.24) is 0 Å². The average molecular weight is 634 g/mol. The smallest absolute Gasteiger partial charge is 0.0470 e. The molecule has 0 aromatic heterocycles. The van der Waals surface area contributed by atoms with Crippen molar-refractivity contribution in [3.63, 3.8) is 0 Å². The van der Waals surface area contributed by atoms with Crippen molar-refractivity contribution < 1.29 is 0 Å². The van der Waals surface area contributed by atoms with Crippen LogP contribution in [-0.2, 0) is 0 Å². The quantitative estimate of drug-likeness (QED) is 0.253. The zero-order valence-electron chi connectivity index (χ0n) is 25.5. The molecule has 0 aromatic rings. The van der Waals surface area contributed by atoms with E-state index in [-0.39, 0.29) is 44.0 Å². The molecular weight excluding hydrogens is 574 g/mol. The van der Waals surface area contributed by atoms with Crippen LogP contribution in [0.15, 0.2) is 0 Å². The Morgan fingerprint density at radius 3 is 0.645 bits per heavy atom. The van der Waals surface area contributed by atoms with Crippen LogP contribution >= 0.6 is 0 Å². The largest absolute Gasteiger partial charge is 0.0709 e. The van der Waals surface area contributed by atoms with Crippen molar-refractivity contribution in [1.29, 1.82) is 0 Å². The fourth-order valence-corrected chi connectivity index (χ4v) is 8.77. The van der Waals surface area contributed by atoms with Gasteiger partial charge in [0.05, 0.1) is 0 Å². The molecule has 31 heavy (non-hydrogen) atoms. The monoisotopic (exact) mass is 636 g/mol. The Kier molecular flexibility index (Phi) is 24.5. The molecular formula is C24H60Ge2Si5. The van der Waals surface area contributed by atoms with Gasteiger partial charge in [-0.2, -0.15) is 0 Å². The molecule has 0 aliphatic carbocycles. The van der Waals surface area contributed by atoms with E-state index >= 15 is 0 Å². The van der Waals surface area contributed by atoms with Crippen LogP contribution in [0.4, 0.5) is 0 Å². The van der Waals surface area contributed by atoms with Crippen LogP contribution in [0.2, 0.25) is 72.5 Å². The van der Waals surface area contributed by atoms with Crippen LogP contribution < -0.4 is 0 Å². The maximum Gasteiger partial charge on any atom is 0.0470 e. The summed E-state index contributed by atoms with van der Waals surface area (Å²) >= 11 is 2.34. The second kappa shape index (κ2) is 17.6. The molecule has 0 spiro atoms. The Balaban J connectivity index is -0.0000000965. The Bertz CT molecular complexity index is 390. The molecule has 0 atom stereocenters. The van der Waals surface area contributed by atoms with Gasteiger partial charge in [-0.3, -0.25) is 0 Å². The first-order valence-corrected chi connectivity index (χ1v) is 27.1. The van der Waals surface area contributed by atoms with Gasteiger partial charge in [0.15, 0.2) is 0 Å². The van der Waals surface area contributed by atoms with Crippen LogP contribution in [-0.4, -0.2) is 74.0 Å². The molecule has 0 saturated carbocycles. The second-order valence-corrected chi connectivity index (χ2v) is 38.5. The molecule has 0 N–H and O–H groups in total. The molecule has 0 bridgehead atoms. The van der Waals surface area contributed by atoms with Crippen molar-refractivity contribution in [2.24, 2.45) is 0 Å². The standard InChI is InChI=1S/C6H15GeSi2.3C6H15Si.Ge/c1-6(2,3)9(4,5)8-7;3*1-6(2,3)7(4)5;/h1-5H3;3*1-5H3;. The first-order valence-electron chi connectivity index (χ1n) is 11.5. The Morgan fingerprint density at radius 2 is 0.645 bits per heavy atom. The molecule has 0 amide bonds. The summed E-state index contributed by atoms with van der Waals surface area (Å²) in [6.45, 7) is 46.9. The van der Waals surface area contributed by atoms with E-state index in [1.807, 2.05) is 0 Å². The normalized spacial score (nSPS) is 12.6. The third-order valence-corrected chi connectivity index (χ3v) is 36.0. The molecule has 7 heteroatoms. The van der Waals surface area contributed by atoms with E-state index < -0.39 is 7.59 Å². The van der Waals surface area contributed by atoms with Gasteiger partial charge in [-0.15, -0.1) is 0 Å². The van der Waals surface area contributed by atoms with Crippen LogP contribution in [0.25, 0.3) is 0 Å². The van der Waals surface area contributed by atoms with E-state index in [1.165, 1.54) is 7.10 Å². The first-order chi connectivity index (χ1) is 12.6. The van der Waals surface area contributed by atoms with Gasteiger partial charge in [-0.25, -0.2) is 0 Å². The van der Waals surface area contributed by atoms with Crippen molar-refractivity contribution >= 4 is 74.0 Å². The molecule has 0 heterocycles. The minimum atomic E-state index is -0.851. The maximum absolute atomic E-state index is 2.48. The molecule has 0 fully saturated rings. The fourth-order valence-electron chi connectivity index (χ4n) is 0.188. The van der Waals surface area contributed by atoms with Crippen molar-refractivity contribution in [3.05, 3.63) is 0 Å². The summed E-state index contributed by atoms with van der Waals surface area (Å²) in [4.78, 5) is 0. The van der Waals surface area contributed by atoms with E-state index in [4.69, 9.17) is 0 Å². The molecule has 0 aromatic carbocycles. The Hall–Kier alpha value is 2.17. The third kappa shape index (κ3) is 28.3. The predicted octanol–water partition coefficient (Wildman–Crippen LogP) is 9.02. The van der Waals surface area contributed by atoms with Gasteiger partial charge in [0.25, 0.3) is 0 Å². The summed E-state index contributed by atoms with van der Waals surface area (Å²) in [5, 5.41) is 2.40. The van der Waals surface area contributed by atoms with E-state index in [9.17, 15) is 0 Å². The average Bonchev–Trinajstić information content (AvgIpc) is 2.44. The minimum absolute atomic E-state index is 0. The Morgan fingerprint density at radius 1 is 0.516 bits per heavy atom. The van der Waals surface area contributed by atoms with E-state index in [2.05, 4.69) is 151 Å². The summed E-state index contributed by atoms with van der Waals surface area (Å²) in [7, 11) is 0.173. The van der Waals surface area contributed by atoms with Crippen LogP contribution in [0.5, 0.6) is 0 Å². The van der Waals surface area contributed by atoms with Gasteiger partial charge >= 0.3 is 69.0 Å². The van der Waals surface area contributed by atoms with E-state index in [0.29, 0.717) is 20.2 Å². The molecule has 0 aliphatic rings. The van der Waals surface area contributed by atoms with E-state index in [0.717, 1.165) is 0 Å². The summed E-state index contributed by atoms with van der Waals surface area (Å²) in [5.41, 5.74) is 0. The van der Waals surface area contributed by atoms with Gasteiger partial charge in [0.2, 0.25) is 0 Å². The van der Waals surface area contributed by atoms with Crippen LogP contribution in [0.1, 0.15) is 83.1 Å². The summed E-state index contributed by atoms with van der Waals surface area (Å²) < 4.78 is 0. The summed E-state index contributed by atoms with van der Waals surface area (Å²) in [6.07, 6.45) is 0. The maximum atomic E-state index is 2.48. The van der Waals surface area contributed by atoms with Crippen molar-refractivity contribution in [3.8, 4) is 0 Å². The van der Waals surface area contributed by atoms with Crippen LogP contribution in [0, 0.1) is 0 Å². The first kappa shape index (κ1) is 43.3. The van der Waals surface area contributed by atoms with Gasteiger partial charge in [-0.1, -0.05) is 102 Å². The van der Waals surface area contributed by atoms with Gasteiger partial charge < -0.3 is 0 Å². The van der Waals surface area contributed by atoms with Gasteiger partial charge in [-0.05, 0) is 15.1 Å². The number of rotatable bonds is 1. The van der Waals surface area contributed by atoms with Crippen molar-refractivity contribution in [2.75, 3.05) is 0 Å². The zero-order chi connectivity index (χ0) is 25.9. The molecule has 0 nitrogen and oxygen atoms in total. The molecule has 0 aliphatic heterocycles. The molecule has 184 valence electrons. The molecule has 0 saturated heterocycles. The number of hydrogen-bond donors (Lipinski definition) is 0. The molecule has 0 unspecified atom stereocenters. The van der Waals surface area contributed by atoms with E-state index in [1.54, 1.807) is 0 Å². The Labute approximate surface area is 228 Å². The fraction of sp³-hybridized carbons (Fsp3) is 1.00. The third-order valence-electron chi connectivity index (χ3n) is 6.69. The zero-order valence-corrected chi connectivity index (χ0v) is 34.7. The molecule has 0 rings (SSSR count). The van der Waals surface area contributed by atoms with Crippen molar-refractivity contribution in [2.45, 2.75) is 156 Å². The van der Waals surface area contributed by atoms with Crippen LogP contribution in [0.3, 0.4) is 0 Å². The topological polar surface area (TPSA) is 0 Å². The SMILES string of the molecule is CC(C)(C)[Si](C)(C)[Si]=[Ge].C[Si](C)C(C)(C)C.C[Si](C)C(C)(C)C.C[Si](C)C(C)(C)C.[Ge]. The number of hydrogen-bond acceptors (Lipinski definition) is 0. The predicted molar refractivity (Wildman–Crippen MR) is 166 cm³/mol. The van der Waals surface area contributed by atoms with Gasteiger partial charge in [0, 0.05) is 44.0 Å². The summed E-state index contributed by atoms with van der Waals surface area (Å²) in [6, 6.07) is 0. The molecule has 10 radical (unpaired) electrons. The second-order valence-electron chi connectivity index (χ2n) is 13.8.